The number of rotatable bonds is 4. The average molecular weight is 280 g/mol. The summed E-state index contributed by atoms with van der Waals surface area (Å²) < 4.78 is 5.08. The quantitative estimate of drug-likeness (QED) is 0.627. The van der Waals surface area contributed by atoms with Crippen LogP contribution in [0.3, 0.4) is 0 Å². The molecule has 108 valence electrons. The Morgan fingerprint density at radius 1 is 1.55 bits per heavy atom. The first-order chi connectivity index (χ1) is 9.39. The number of nitrogens with zero attached hydrogens (tertiary/aromatic N) is 1. The molecule has 0 radical (unpaired) electrons. The molecule has 1 heterocycles. The Labute approximate surface area is 115 Å². The van der Waals surface area contributed by atoms with Crippen molar-refractivity contribution in [1.29, 1.82) is 0 Å². The lowest BCUT2D eigenvalue weighted by molar-refractivity contribution is -0.384. The third kappa shape index (κ3) is 3.31. The maximum Gasteiger partial charge on any atom is 0.270 e. The van der Waals surface area contributed by atoms with Crippen molar-refractivity contribution in [1.82, 2.24) is 5.32 Å². The van der Waals surface area contributed by atoms with Gasteiger partial charge in [-0.25, -0.2) is 0 Å². The normalized spacial score (nSPS) is 21.7. The minimum Gasteiger partial charge on any atom is -0.386 e. The number of hydrogen-bond donors (Lipinski definition) is 2. The summed E-state index contributed by atoms with van der Waals surface area (Å²) in [7, 11) is 0. The predicted molar refractivity (Wildman–Crippen MR) is 70.6 cm³/mol. The molecule has 1 unspecified atom stereocenters. The monoisotopic (exact) mass is 280 g/mol. The van der Waals surface area contributed by atoms with Crippen molar-refractivity contribution >= 4 is 11.6 Å². The van der Waals surface area contributed by atoms with Crippen LogP contribution in [0.4, 0.5) is 5.69 Å². The van der Waals surface area contributed by atoms with E-state index in [0.717, 1.165) is 0 Å². The Morgan fingerprint density at radius 2 is 2.30 bits per heavy atom. The van der Waals surface area contributed by atoms with Crippen LogP contribution in [0.15, 0.2) is 18.2 Å². The van der Waals surface area contributed by atoms with Gasteiger partial charge in [0, 0.05) is 37.3 Å². The summed E-state index contributed by atoms with van der Waals surface area (Å²) in [5.74, 6) is -0.447. The number of nitrogens with one attached hydrogen (secondary N) is 1. The van der Waals surface area contributed by atoms with Crippen LogP contribution in [-0.2, 0) is 4.74 Å². The minimum atomic E-state index is -1.05. The van der Waals surface area contributed by atoms with Crippen molar-refractivity contribution in [3.05, 3.63) is 39.4 Å². The molecular weight excluding hydrogens is 264 g/mol. The third-order valence-corrected chi connectivity index (χ3v) is 3.20. The first kappa shape index (κ1) is 14.4. The van der Waals surface area contributed by atoms with Gasteiger partial charge in [-0.15, -0.1) is 0 Å². The van der Waals surface area contributed by atoms with Gasteiger partial charge in [0.15, 0.2) is 0 Å². The summed E-state index contributed by atoms with van der Waals surface area (Å²) in [6.07, 6.45) is 0.460. The highest BCUT2D eigenvalue weighted by atomic mass is 16.6. The van der Waals surface area contributed by atoms with Crippen LogP contribution < -0.4 is 5.32 Å². The Kier molecular flexibility index (Phi) is 4.01. The molecule has 7 heteroatoms. The van der Waals surface area contributed by atoms with Crippen LogP contribution in [0.1, 0.15) is 22.3 Å². The zero-order chi connectivity index (χ0) is 14.8. The zero-order valence-corrected chi connectivity index (χ0v) is 11.1. The molecule has 0 aromatic heterocycles. The number of carbonyl (C=O) groups excluding carboxylic acids is 1. The molecule has 2 N–H and O–H groups in total. The van der Waals surface area contributed by atoms with E-state index in [0.29, 0.717) is 18.6 Å². The molecule has 1 atom stereocenters. The topological polar surface area (TPSA) is 102 Å². The molecule has 1 aromatic rings. The van der Waals surface area contributed by atoms with Crippen molar-refractivity contribution in [3.8, 4) is 0 Å². The molecule has 1 aliphatic heterocycles. The summed E-state index contributed by atoms with van der Waals surface area (Å²) in [5, 5.41) is 23.4. The van der Waals surface area contributed by atoms with Crippen LogP contribution in [-0.4, -0.2) is 41.3 Å². The van der Waals surface area contributed by atoms with E-state index in [-0.39, 0.29) is 24.4 Å². The van der Waals surface area contributed by atoms with Gasteiger partial charge in [-0.05, 0) is 18.6 Å². The van der Waals surface area contributed by atoms with Crippen LogP contribution in [0.25, 0.3) is 0 Å². The molecule has 1 aromatic carbocycles. The van der Waals surface area contributed by atoms with Crippen molar-refractivity contribution in [2.24, 2.45) is 0 Å². The van der Waals surface area contributed by atoms with Crippen molar-refractivity contribution in [2.75, 3.05) is 19.8 Å². The van der Waals surface area contributed by atoms with Gasteiger partial charge in [0.25, 0.3) is 11.6 Å². The van der Waals surface area contributed by atoms with E-state index in [1.165, 1.54) is 12.1 Å². The fraction of sp³-hybridized carbons (Fsp3) is 0.462. The van der Waals surface area contributed by atoms with Crippen molar-refractivity contribution < 1.29 is 19.6 Å². The molecule has 0 spiro atoms. The van der Waals surface area contributed by atoms with Gasteiger partial charge in [-0.1, -0.05) is 0 Å². The zero-order valence-electron chi connectivity index (χ0n) is 11.1. The fourth-order valence-corrected chi connectivity index (χ4v) is 2.08. The van der Waals surface area contributed by atoms with E-state index in [9.17, 15) is 20.0 Å². The Morgan fingerprint density at radius 3 is 2.90 bits per heavy atom. The van der Waals surface area contributed by atoms with Crippen LogP contribution >= 0.6 is 0 Å². The standard InChI is InChI=1S/C13H16N2O5/c1-9-4-10(6-11(5-9)15(18)19)12(16)14-7-13(17)2-3-20-8-13/h4-6,17H,2-3,7-8H2,1H3,(H,14,16). The van der Waals surface area contributed by atoms with Gasteiger partial charge in [0.2, 0.25) is 0 Å². The highest BCUT2D eigenvalue weighted by Gasteiger charge is 2.32. The number of amides is 1. The third-order valence-electron chi connectivity index (χ3n) is 3.20. The number of carbonyl (C=O) groups is 1. The van der Waals surface area contributed by atoms with E-state index in [1.807, 2.05) is 0 Å². The molecule has 1 fully saturated rings. The lowest BCUT2D eigenvalue weighted by Crippen LogP contribution is -2.43. The Bertz CT molecular complexity index is 538. The fourth-order valence-electron chi connectivity index (χ4n) is 2.08. The predicted octanol–water partition coefficient (Wildman–Crippen LogP) is 0.784. The Hall–Kier alpha value is -1.99. The number of nitro groups is 1. The van der Waals surface area contributed by atoms with Crippen molar-refractivity contribution in [2.45, 2.75) is 18.9 Å². The maximum atomic E-state index is 12.0. The molecule has 1 amide bonds. The number of hydrogen-bond acceptors (Lipinski definition) is 5. The van der Waals surface area contributed by atoms with E-state index in [1.54, 1.807) is 13.0 Å². The van der Waals surface area contributed by atoms with Gasteiger partial charge >= 0.3 is 0 Å². The SMILES string of the molecule is Cc1cc(C(=O)NCC2(O)CCOC2)cc([N+](=O)[O-])c1. The highest BCUT2D eigenvalue weighted by Crippen LogP contribution is 2.19. The average Bonchev–Trinajstić information content (AvgIpc) is 2.82. The lowest BCUT2D eigenvalue weighted by Gasteiger charge is -2.20. The van der Waals surface area contributed by atoms with Crippen LogP contribution in [0, 0.1) is 17.0 Å². The van der Waals surface area contributed by atoms with E-state index < -0.39 is 16.4 Å². The number of nitro benzene ring substituents is 1. The summed E-state index contributed by atoms with van der Waals surface area (Å²) >= 11 is 0. The molecule has 20 heavy (non-hydrogen) atoms. The molecular formula is C13H16N2O5. The number of non-ortho nitro benzene ring substituents is 1. The molecule has 1 saturated heterocycles. The molecule has 7 nitrogen and oxygen atoms in total. The van der Waals surface area contributed by atoms with E-state index in [4.69, 9.17) is 4.74 Å². The van der Waals surface area contributed by atoms with Crippen molar-refractivity contribution in [3.63, 3.8) is 0 Å². The highest BCUT2D eigenvalue weighted by molar-refractivity contribution is 5.95. The number of aliphatic hydroxyl groups is 1. The van der Waals surface area contributed by atoms with Gasteiger partial charge in [-0.3, -0.25) is 14.9 Å². The van der Waals surface area contributed by atoms with Crippen LogP contribution in [0.2, 0.25) is 0 Å². The second kappa shape index (κ2) is 5.56. The number of ether oxygens (including phenoxy) is 1. The summed E-state index contributed by atoms with van der Waals surface area (Å²) in [6, 6.07) is 4.18. The van der Waals surface area contributed by atoms with Gasteiger partial charge < -0.3 is 15.2 Å². The summed E-state index contributed by atoms with van der Waals surface area (Å²) in [6.45, 7) is 2.39. The number of benzene rings is 1. The van der Waals surface area contributed by atoms with E-state index >= 15 is 0 Å². The smallest absolute Gasteiger partial charge is 0.270 e. The molecule has 0 aliphatic carbocycles. The van der Waals surface area contributed by atoms with Crippen LogP contribution in [0.5, 0.6) is 0 Å². The molecule has 2 rings (SSSR count). The minimum absolute atomic E-state index is 0.0631. The number of aryl methyl sites for hydroxylation is 1. The lowest BCUT2D eigenvalue weighted by atomic mass is 10.0. The maximum absolute atomic E-state index is 12.0. The van der Waals surface area contributed by atoms with Gasteiger partial charge in [-0.2, -0.15) is 0 Å². The van der Waals surface area contributed by atoms with Gasteiger partial charge in [0.05, 0.1) is 11.5 Å². The second-order valence-electron chi connectivity index (χ2n) is 5.02. The summed E-state index contributed by atoms with van der Waals surface area (Å²) in [4.78, 5) is 22.2. The summed E-state index contributed by atoms with van der Waals surface area (Å²) in [5.41, 5.74) is -0.338. The first-order valence-electron chi connectivity index (χ1n) is 6.24. The largest absolute Gasteiger partial charge is 0.386 e. The molecule has 0 saturated carbocycles. The Balaban J connectivity index is 2.07. The second-order valence-corrected chi connectivity index (χ2v) is 5.02. The molecule has 0 bridgehead atoms. The first-order valence-corrected chi connectivity index (χ1v) is 6.24. The van der Waals surface area contributed by atoms with E-state index in [2.05, 4.69) is 5.32 Å². The van der Waals surface area contributed by atoms with Gasteiger partial charge in [0.1, 0.15) is 5.60 Å². The molecule has 1 aliphatic rings.